The second-order valence-corrected chi connectivity index (χ2v) is 6.11. The summed E-state index contributed by atoms with van der Waals surface area (Å²) in [5.74, 6) is 0.955. The summed E-state index contributed by atoms with van der Waals surface area (Å²) in [5, 5.41) is 3.08. The number of amides is 1. The minimum atomic E-state index is 0.119. The molecule has 1 aliphatic carbocycles. The van der Waals surface area contributed by atoms with E-state index < -0.39 is 0 Å². The van der Waals surface area contributed by atoms with Gasteiger partial charge in [0, 0.05) is 5.92 Å². The van der Waals surface area contributed by atoms with Crippen LogP contribution in [0.1, 0.15) is 32.1 Å². The Hall–Kier alpha value is -2.29. The second kappa shape index (κ2) is 7.32. The lowest BCUT2D eigenvalue weighted by Crippen LogP contribution is -2.24. The molecule has 0 atom stereocenters. The minimum absolute atomic E-state index is 0.119. The third-order valence-corrected chi connectivity index (χ3v) is 4.54. The van der Waals surface area contributed by atoms with E-state index in [9.17, 15) is 4.79 Å². The van der Waals surface area contributed by atoms with Gasteiger partial charge >= 0.3 is 0 Å². The molecule has 1 N–H and O–H groups in total. The van der Waals surface area contributed by atoms with Gasteiger partial charge < -0.3 is 10.1 Å². The molecule has 2 aromatic carbocycles. The minimum Gasteiger partial charge on any atom is -0.495 e. The highest BCUT2D eigenvalue weighted by atomic mass is 16.5. The number of carbonyl (C=O) groups excluding carboxylic acids is 1. The molecule has 23 heavy (non-hydrogen) atoms. The van der Waals surface area contributed by atoms with Crippen LogP contribution < -0.4 is 10.1 Å². The van der Waals surface area contributed by atoms with Crippen molar-refractivity contribution in [3.8, 4) is 16.9 Å². The molecule has 0 heterocycles. The number of carbonyl (C=O) groups is 1. The molecular formula is C20H23NO2. The van der Waals surface area contributed by atoms with Gasteiger partial charge in [-0.3, -0.25) is 4.79 Å². The average Bonchev–Trinajstić information content (AvgIpc) is 2.63. The first-order chi connectivity index (χ1) is 11.3. The van der Waals surface area contributed by atoms with Gasteiger partial charge in [-0.15, -0.1) is 0 Å². The predicted molar refractivity (Wildman–Crippen MR) is 93.6 cm³/mol. The zero-order valence-corrected chi connectivity index (χ0v) is 13.5. The van der Waals surface area contributed by atoms with Crippen LogP contribution in [-0.4, -0.2) is 13.0 Å². The van der Waals surface area contributed by atoms with Crippen LogP contribution in [0.15, 0.2) is 48.5 Å². The molecule has 1 saturated carbocycles. The van der Waals surface area contributed by atoms with E-state index in [1.54, 1.807) is 7.11 Å². The third-order valence-electron chi connectivity index (χ3n) is 4.54. The molecule has 3 rings (SSSR count). The quantitative estimate of drug-likeness (QED) is 0.874. The molecule has 0 unspecified atom stereocenters. The zero-order valence-electron chi connectivity index (χ0n) is 13.5. The number of hydrogen-bond donors (Lipinski definition) is 1. The van der Waals surface area contributed by atoms with E-state index >= 15 is 0 Å². The van der Waals surface area contributed by atoms with Crippen molar-refractivity contribution < 1.29 is 9.53 Å². The molecule has 1 fully saturated rings. The summed E-state index contributed by atoms with van der Waals surface area (Å²) in [6, 6.07) is 16.1. The van der Waals surface area contributed by atoms with Gasteiger partial charge in [0.1, 0.15) is 5.75 Å². The van der Waals surface area contributed by atoms with Gasteiger partial charge in [0.15, 0.2) is 0 Å². The maximum absolute atomic E-state index is 12.5. The topological polar surface area (TPSA) is 38.3 Å². The largest absolute Gasteiger partial charge is 0.495 e. The van der Waals surface area contributed by atoms with Crippen molar-refractivity contribution in [3.63, 3.8) is 0 Å². The lowest BCUT2D eigenvalue weighted by atomic mass is 9.88. The Morgan fingerprint density at radius 2 is 1.74 bits per heavy atom. The summed E-state index contributed by atoms with van der Waals surface area (Å²) in [5.41, 5.74) is 2.96. The fraction of sp³-hybridized carbons (Fsp3) is 0.350. The fourth-order valence-corrected chi connectivity index (χ4v) is 3.22. The predicted octanol–water partition coefficient (Wildman–Crippen LogP) is 4.88. The standard InChI is InChI=1S/C20H23NO2/c1-23-19-13-12-17(15-8-4-2-5-9-15)14-18(19)21-20(22)16-10-6-3-7-11-16/h2,4-5,8-9,12-14,16H,3,6-7,10-11H2,1H3,(H,21,22). The number of anilines is 1. The molecule has 3 heteroatoms. The second-order valence-electron chi connectivity index (χ2n) is 6.11. The SMILES string of the molecule is COc1ccc(-c2ccccc2)cc1NC(=O)C1CCCCC1. The van der Waals surface area contributed by atoms with Crippen LogP contribution in [0.3, 0.4) is 0 Å². The van der Waals surface area contributed by atoms with Crippen molar-refractivity contribution >= 4 is 11.6 Å². The van der Waals surface area contributed by atoms with Crippen LogP contribution in [0.2, 0.25) is 0 Å². The molecule has 0 aromatic heterocycles. The van der Waals surface area contributed by atoms with E-state index in [0.717, 1.165) is 42.5 Å². The molecule has 1 amide bonds. The Morgan fingerprint density at radius 3 is 2.43 bits per heavy atom. The Bertz CT molecular complexity index is 661. The molecule has 0 bridgehead atoms. The van der Waals surface area contributed by atoms with Crippen molar-refractivity contribution in [1.29, 1.82) is 0 Å². The Morgan fingerprint density at radius 1 is 1.00 bits per heavy atom. The lowest BCUT2D eigenvalue weighted by molar-refractivity contribution is -0.120. The van der Waals surface area contributed by atoms with Crippen LogP contribution in [0.5, 0.6) is 5.75 Å². The van der Waals surface area contributed by atoms with Gasteiger partial charge in [0.2, 0.25) is 5.91 Å². The molecule has 0 spiro atoms. The number of ether oxygens (including phenoxy) is 1. The maximum atomic E-state index is 12.5. The molecule has 0 aliphatic heterocycles. The molecule has 120 valence electrons. The fourth-order valence-electron chi connectivity index (χ4n) is 3.22. The molecule has 1 aliphatic rings. The van der Waals surface area contributed by atoms with Gasteiger partial charge in [-0.25, -0.2) is 0 Å². The van der Waals surface area contributed by atoms with Crippen molar-refractivity contribution in [2.45, 2.75) is 32.1 Å². The van der Waals surface area contributed by atoms with Gasteiger partial charge in [0.25, 0.3) is 0 Å². The number of hydrogen-bond acceptors (Lipinski definition) is 2. The highest BCUT2D eigenvalue weighted by Gasteiger charge is 2.22. The van der Waals surface area contributed by atoms with Crippen LogP contribution in [0.25, 0.3) is 11.1 Å². The van der Waals surface area contributed by atoms with Crippen LogP contribution in [0.4, 0.5) is 5.69 Å². The number of benzene rings is 2. The summed E-state index contributed by atoms with van der Waals surface area (Å²) in [4.78, 5) is 12.5. The summed E-state index contributed by atoms with van der Waals surface area (Å²) >= 11 is 0. The van der Waals surface area contributed by atoms with E-state index in [4.69, 9.17) is 4.74 Å². The highest BCUT2D eigenvalue weighted by molar-refractivity contribution is 5.94. The average molecular weight is 309 g/mol. The van der Waals surface area contributed by atoms with E-state index in [-0.39, 0.29) is 11.8 Å². The van der Waals surface area contributed by atoms with E-state index in [2.05, 4.69) is 17.4 Å². The van der Waals surface area contributed by atoms with Gasteiger partial charge in [-0.2, -0.15) is 0 Å². The maximum Gasteiger partial charge on any atom is 0.227 e. The van der Waals surface area contributed by atoms with Crippen LogP contribution in [0, 0.1) is 5.92 Å². The van der Waals surface area contributed by atoms with Crippen LogP contribution >= 0.6 is 0 Å². The molecular weight excluding hydrogens is 286 g/mol. The van der Waals surface area contributed by atoms with Crippen molar-refractivity contribution in [2.24, 2.45) is 5.92 Å². The molecule has 2 aromatic rings. The van der Waals surface area contributed by atoms with E-state index in [1.165, 1.54) is 6.42 Å². The van der Waals surface area contributed by atoms with Gasteiger partial charge in [-0.1, -0.05) is 55.7 Å². The monoisotopic (exact) mass is 309 g/mol. The summed E-state index contributed by atoms with van der Waals surface area (Å²) < 4.78 is 5.41. The summed E-state index contributed by atoms with van der Waals surface area (Å²) in [7, 11) is 1.63. The Kier molecular flexibility index (Phi) is 4.96. The van der Waals surface area contributed by atoms with E-state index in [0.29, 0.717) is 5.75 Å². The highest BCUT2D eigenvalue weighted by Crippen LogP contribution is 2.32. The first-order valence-electron chi connectivity index (χ1n) is 8.32. The molecule has 0 saturated heterocycles. The van der Waals surface area contributed by atoms with Gasteiger partial charge in [-0.05, 0) is 36.1 Å². The number of methoxy groups -OCH3 is 1. The summed E-state index contributed by atoms with van der Waals surface area (Å²) in [6.45, 7) is 0. The van der Waals surface area contributed by atoms with Crippen LogP contribution in [-0.2, 0) is 4.79 Å². The number of nitrogens with one attached hydrogen (secondary N) is 1. The van der Waals surface area contributed by atoms with Crippen molar-refractivity contribution in [1.82, 2.24) is 0 Å². The van der Waals surface area contributed by atoms with Crippen molar-refractivity contribution in [2.75, 3.05) is 12.4 Å². The first kappa shape index (κ1) is 15.6. The van der Waals surface area contributed by atoms with Gasteiger partial charge in [0.05, 0.1) is 12.8 Å². The summed E-state index contributed by atoms with van der Waals surface area (Å²) in [6.07, 6.45) is 5.54. The Labute approximate surface area is 137 Å². The smallest absolute Gasteiger partial charge is 0.227 e. The number of rotatable bonds is 4. The van der Waals surface area contributed by atoms with Crippen molar-refractivity contribution in [3.05, 3.63) is 48.5 Å². The normalized spacial score (nSPS) is 15.2. The molecule has 0 radical (unpaired) electrons. The first-order valence-corrected chi connectivity index (χ1v) is 8.32. The Balaban J connectivity index is 1.83. The van der Waals surface area contributed by atoms with E-state index in [1.807, 2.05) is 36.4 Å². The lowest BCUT2D eigenvalue weighted by Gasteiger charge is -2.21. The molecule has 3 nitrogen and oxygen atoms in total. The third kappa shape index (κ3) is 3.73. The zero-order chi connectivity index (χ0) is 16.1.